The maximum atomic E-state index is 12.9. The van der Waals surface area contributed by atoms with Crippen LogP contribution in [0.3, 0.4) is 0 Å². The van der Waals surface area contributed by atoms with E-state index in [4.69, 9.17) is 4.74 Å². The van der Waals surface area contributed by atoms with Gasteiger partial charge in [0.25, 0.3) is 5.91 Å². The fourth-order valence-electron chi connectivity index (χ4n) is 4.01. The molecule has 164 valence electrons. The SMILES string of the molecule is COCc1ccc(C(=O)NCC(c2ccc(N(C)C)cc2)c2c[nH]c3ccccc23)cc1. The number of amides is 1. The van der Waals surface area contributed by atoms with Gasteiger partial charge in [-0.2, -0.15) is 0 Å². The second-order valence-corrected chi connectivity index (χ2v) is 8.17. The predicted octanol–water partition coefficient (Wildman–Crippen LogP) is 4.94. The van der Waals surface area contributed by atoms with E-state index in [2.05, 4.69) is 57.8 Å². The quantitative estimate of drug-likeness (QED) is 0.419. The van der Waals surface area contributed by atoms with E-state index in [0.29, 0.717) is 18.7 Å². The smallest absolute Gasteiger partial charge is 0.251 e. The Morgan fingerprint density at radius 1 is 1.00 bits per heavy atom. The number of carbonyl (C=O) groups excluding carboxylic acids is 1. The van der Waals surface area contributed by atoms with Crippen molar-refractivity contribution in [2.75, 3.05) is 32.6 Å². The lowest BCUT2D eigenvalue weighted by Crippen LogP contribution is -2.29. The molecule has 0 aliphatic heterocycles. The van der Waals surface area contributed by atoms with Gasteiger partial charge in [-0.25, -0.2) is 0 Å². The summed E-state index contributed by atoms with van der Waals surface area (Å²) in [7, 11) is 5.73. The second kappa shape index (κ2) is 9.71. The number of nitrogens with zero attached hydrogens (tertiary/aromatic N) is 1. The Hall–Kier alpha value is -3.57. The molecule has 32 heavy (non-hydrogen) atoms. The zero-order chi connectivity index (χ0) is 22.5. The van der Waals surface area contributed by atoms with Crippen LogP contribution in [-0.4, -0.2) is 38.6 Å². The summed E-state index contributed by atoms with van der Waals surface area (Å²) >= 11 is 0. The monoisotopic (exact) mass is 427 g/mol. The number of hydrogen-bond acceptors (Lipinski definition) is 3. The van der Waals surface area contributed by atoms with Gasteiger partial charge in [0, 0.05) is 62.0 Å². The maximum absolute atomic E-state index is 12.9. The van der Waals surface area contributed by atoms with Crippen LogP contribution in [0.25, 0.3) is 10.9 Å². The van der Waals surface area contributed by atoms with Crippen molar-refractivity contribution in [3.63, 3.8) is 0 Å². The highest BCUT2D eigenvalue weighted by atomic mass is 16.5. The zero-order valence-electron chi connectivity index (χ0n) is 18.8. The van der Waals surface area contributed by atoms with E-state index in [-0.39, 0.29) is 11.8 Å². The van der Waals surface area contributed by atoms with Gasteiger partial charge in [0.1, 0.15) is 0 Å². The first kappa shape index (κ1) is 21.7. The first-order chi connectivity index (χ1) is 15.6. The predicted molar refractivity (Wildman–Crippen MR) is 130 cm³/mol. The van der Waals surface area contributed by atoms with Gasteiger partial charge in [-0.05, 0) is 47.0 Å². The van der Waals surface area contributed by atoms with E-state index in [9.17, 15) is 4.79 Å². The number of aromatic amines is 1. The molecule has 0 aliphatic rings. The van der Waals surface area contributed by atoms with Gasteiger partial charge in [0.05, 0.1) is 6.61 Å². The Morgan fingerprint density at radius 3 is 2.41 bits per heavy atom. The molecule has 1 aromatic heterocycles. The van der Waals surface area contributed by atoms with Gasteiger partial charge in [0.15, 0.2) is 0 Å². The van der Waals surface area contributed by atoms with Gasteiger partial charge in [-0.3, -0.25) is 4.79 Å². The van der Waals surface area contributed by atoms with Crippen LogP contribution >= 0.6 is 0 Å². The van der Waals surface area contributed by atoms with Crippen LogP contribution in [0.2, 0.25) is 0 Å². The topological polar surface area (TPSA) is 57.4 Å². The lowest BCUT2D eigenvalue weighted by atomic mass is 9.90. The van der Waals surface area contributed by atoms with Crippen molar-refractivity contribution in [1.29, 1.82) is 0 Å². The van der Waals surface area contributed by atoms with Gasteiger partial charge in [-0.1, -0.05) is 42.5 Å². The minimum atomic E-state index is -0.0799. The van der Waals surface area contributed by atoms with Gasteiger partial charge in [-0.15, -0.1) is 0 Å². The van der Waals surface area contributed by atoms with E-state index < -0.39 is 0 Å². The Bertz CT molecular complexity index is 1180. The largest absolute Gasteiger partial charge is 0.380 e. The highest BCUT2D eigenvalue weighted by molar-refractivity contribution is 5.94. The van der Waals surface area contributed by atoms with E-state index in [1.165, 1.54) is 10.9 Å². The van der Waals surface area contributed by atoms with Crippen molar-refractivity contribution in [3.05, 3.63) is 101 Å². The first-order valence-corrected chi connectivity index (χ1v) is 10.8. The summed E-state index contributed by atoms with van der Waals surface area (Å²) in [4.78, 5) is 18.3. The molecule has 0 spiro atoms. The van der Waals surface area contributed by atoms with Crippen LogP contribution in [0, 0.1) is 0 Å². The number of methoxy groups -OCH3 is 1. The number of benzene rings is 3. The Balaban J connectivity index is 1.60. The van der Waals surface area contributed by atoms with Crippen molar-refractivity contribution in [1.82, 2.24) is 10.3 Å². The third-order valence-corrected chi connectivity index (χ3v) is 5.80. The fourth-order valence-corrected chi connectivity index (χ4v) is 4.01. The number of rotatable bonds is 8. The molecule has 0 saturated carbocycles. The molecule has 0 saturated heterocycles. The van der Waals surface area contributed by atoms with Gasteiger partial charge < -0.3 is 19.9 Å². The number of aromatic nitrogens is 1. The summed E-state index contributed by atoms with van der Waals surface area (Å²) < 4.78 is 5.15. The molecule has 0 aliphatic carbocycles. The average molecular weight is 428 g/mol. The normalized spacial score (nSPS) is 12.0. The number of ether oxygens (including phenoxy) is 1. The molecule has 1 unspecified atom stereocenters. The summed E-state index contributed by atoms with van der Waals surface area (Å²) in [6.07, 6.45) is 2.06. The number of H-pyrrole nitrogens is 1. The summed E-state index contributed by atoms with van der Waals surface area (Å²) in [5, 5.41) is 4.32. The van der Waals surface area contributed by atoms with E-state index in [1.54, 1.807) is 7.11 Å². The van der Waals surface area contributed by atoms with E-state index in [1.807, 2.05) is 50.5 Å². The Labute approximate surface area is 189 Å². The summed E-state index contributed by atoms with van der Waals surface area (Å²) in [6.45, 7) is 1.04. The molecular formula is C27H29N3O2. The molecule has 1 heterocycles. The van der Waals surface area contributed by atoms with Crippen LogP contribution in [0.15, 0.2) is 79.0 Å². The number of para-hydroxylation sites is 1. The number of hydrogen-bond donors (Lipinski definition) is 2. The Kier molecular flexibility index (Phi) is 6.57. The molecule has 5 nitrogen and oxygen atoms in total. The molecule has 3 aromatic carbocycles. The molecule has 0 radical (unpaired) electrons. The molecule has 4 aromatic rings. The molecule has 0 fully saturated rings. The average Bonchev–Trinajstić information content (AvgIpc) is 3.24. The third kappa shape index (κ3) is 4.68. The maximum Gasteiger partial charge on any atom is 0.251 e. The van der Waals surface area contributed by atoms with Crippen LogP contribution in [0.5, 0.6) is 0 Å². The van der Waals surface area contributed by atoms with Gasteiger partial charge >= 0.3 is 0 Å². The summed E-state index contributed by atoms with van der Waals surface area (Å²) in [5.74, 6) is -0.0530. The zero-order valence-corrected chi connectivity index (χ0v) is 18.8. The van der Waals surface area contributed by atoms with Crippen molar-refractivity contribution in [2.45, 2.75) is 12.5 Å². The number of carbonyl (C=O) groups is 1. The van der Waals surface area contributed by atoms with Crippen LogP contribution in [-0.2, 0) is 11.3 Å². The van der Waals surface area contributed by atoms with Gasteiger partial charge in [0.2, 0.25) is 0 Å². The van der Waals surface area contributed by atoms with Crippen molar-refractivity contribution in [3.8, 4) is 0 Å². The molecule has 1 atom stereocenters. The molecule has 5 heteroatoms. The molecule has 0 bridgehead atoms. The lowest BCUT2D eigenvalue weighted by molar-refractivity contribution is 0.0952. The second-order valence-electron chi connectivity index (χ2n) is 8.17. The molecule has 2 N–H and O–H groups in total. The standard InChI is InChI=1S/C27H29N3O2/c1-30(2)22-14-12-20(13-15-22)24(25-17-28-26-7-5-4-6-23(25)26)16-29-27(31)21-10-8-19(9-11-21)18-32-3/h4-15,17,24,28H,16,18H2,1-3H3,(H,29,31). The fraction of sp³-hybridized carbons (Fsp3) is 0.222. The number of nitrogens with one attached hydrogen (secondary N) is 2. The van der Waals surface area contributed by atoms with Crippen molar-refractivity contribution in [2.24, 2.45) is 0 Å². The summed E-state index contributed by atoms with van der Waals surface area (Å²) in [6, 6.07) is 24.3. The van der Waals surface area contributed by atoms with Crippen LogP contribution in [0.1, 0.15) is 33.0 Å². The third-order valence-electron chi connectivity index (χ3n) is 5.80. The van der Waals surface area contributed by atoms with Crippen molar-refractivity contribution < 1.29 is 9.53 Å². The van der Waals surface area contributed by atoms with Crippen molar-refractivity contribution >= 4 is 22.5 Å². The van der Waals surface area contributed by atoms with Crippen LogP contribution < -0.4 is 10.2 Å². The highest BCUT2D eigenvalue weighted by Crippen LogP contribution is 2.31. The van der Waals surface area contributed by atoms with Crippen LogP contribution in [0.4, 0.5) is 5.69 Å². The molecular weight excluding hydrogens is 398 g/mol. The number of anilines is 1. The minimum Gasteiger partial charge on any atom is -0.380 e. The Morgan fingerprint density at radius 2 is 1.72 bits per heavy atom. The minimum absolute atomic E-state index is 0.0269. The van der Waals surface area contributed by atoms with E-state index >= 15 is 0 Å². The number of fused-ring (bicyclic) bond motifs is 1. The highest BCUT2D eigenvalue weighted by Gasteiger charge is 2.19. The summed E-state index contributed by atoms with van der Waals surface area (Å²) in [5.41, 5.74) is 6.27. The first-order valence-electron chi connectivity index (χ1n) is 10.8. The molecule has 4 rings (SSSR count). The molecule has 1 amide bonds. The van der Waals surface area contributed by atoms with E-state index in [0.717, 1.165) is 22.3 Å². The lowest BCUT2D eigenvalue weighted by Gasteiger charge is -2.20.